The van der Waals surface area contributed by atoms with E-state index in [1.807, 2.05) is 0 Å². The van der Waals surface area contributed by atoms with E-state index in [2.05, 4.69) is 0 Å². The van der Waals surface area contributed by atoms with Crippen molar-refractivity contribution in [3.8, 4) is 0 Å². The number of methoxy groups -OCH3 is 1. The normalized spacial score (nSPS) is 31.2. The van der Waals surface area contributed by atoms with Crippen molar-refractivity contribution >= 4 is 17.9 Å². The van der Waals surface area contributed by atoms with Gasteiger partial charge in [-0.15, -0.1) is 0 Å². The van der Waals surface area contributed by atoms with Crippen molar-refractivity contribution < 1.29 is 43.2 Å². The molecule has 0 spiro atoms. The van der Waals surface area contributed by atoms with Gasteiger partial charge in [-0.05, 0) is 0 Å². The highest BCUT2D eigenvalue weighted by Crippen LogP contribution is 2.27. The Morgan fingerprint density at radius 1 is 0.955 bits per heavy atom. The van der Waals surface area contributed by atoms with Gasteiger partial charge < -0.3 is 28.8 Å². The molecule has 0 amide bonds. The first-order valence-electron chi connectivity index (χ1n) is 6.60. The van der Waals surface area contributed by atoms with Crippen molar-refractivity contribution in [2.45, 2.75) is 51.5 Å². The zero-order valence-electron chi connectivity index (χ0n) is 12.8. The Balaban J connectivity index is 2.96. The van der Waals surface area contributed by atoms with E-state index >= 15 is 0 Å². The predicted octanol–water partition coefficient (Wildman–Crippen LogP) is -0.855. The summed E-state index contributed by atoms with van der Waals surface area (Å²) in [5.74, 6) is -1.84. The van der Waals surface area contributed by atoms with Crippen LogP contribution in [0, 0.1) is 0 Å². The van der Waals surface area contributed by atoms with Crippen molar-refractivity contribution in [3.63, 3.8) is 0 Å². The number of ether oxygens (including phenoxy) is 5. The van der Waals surface area contributed by atoms with Crippen LogP contribution < -0.4 is 0 Å². The minimum absolute atomic E-state index is 0.253. The van der Waals surface area contributed by atoms with E-state index < -0.39 is 48.6 Å². The maximum atomic E-state index is 11.3. The van der Waals surface area contributed by atoms with Gasteiger partial charge in [-0.1, -0.05) is 0 Å². The van der Waals surface area contributed by atoms with Gasteiger partial charge >= 0.3 is 17.9 Å². The molecule has 0 aromatic rings. The van der Waals surface area contributed by atoms with Gasteiger partial charge in [0.15, 0.2) is 18.5 Å². The van der Waals surface area contributed by atoms with Crippen LogP contribution in [0.15, 0.2) is 0 Å². The Morgan fingerprint density at radius 3 is 1.95 bits per heavy atom. The number of carbonyl (C=O) groups excluding carboxylic acids is 3. The van der Waals surface area contributed by atoms with Gasteiger partial charge in [0.2, 0.25) is 0 Å². The summed E-state index contributed by atoms with van der Waals surface area (Å²) in [5.41, 5.74) is 0. The van der Waals surface area contributed by atoms with Crippen LogP contribution in [0.4, 0.5) is 0 Å². The molecule has 0 saturated carbocycles. The third kappa shape index (κ3) is 4.93. The molecule has 0 bridgehead atoms. The van der Waals surface area contributed by atoms with Gasteiger partial charge in [0, 0.05) is 27.9 Å². The van der Waals surface area contributed by atoms with E-state index in [0.29, 0.717) is 0 Å². The van der Waals surface area contributed by atoms with E-state index in [0.717, 1.165) is 6.92 Å². The topological polar surface area (TPSA) is 118 Å². The fraction of sp³-hybridized carbons (Fsp3) is 0.769. The molecule has 9 heteroatoms. The van der Waals surface area contributed by atoms with Crippen LogP contribution in [-0.2, 0) is 38.1 Å². The lowest BCUT2D eigenvalue weighted by molar-refractivity contribution is -0.297. The summed E-state index contributed by atoms with van der Waals surface area (Å²) in [6, 6.07) is 0. The lowest BCUT2D eigenvalue weighted by Crippen LogP contribution is -2.61. The zero-order valence-corrected chi connectivity index (χ0v) is 12.8. The number of aliphatic hydroxyl groups is 1. The smallest absolute Gasteiger partial charge is 0.303 e. The molecule has 1 fully saturated rings. The molecule has 5 atom stereocenters. The van der Waals surface area contributed by atoms with Crippen LogP contribution in [0.1, 0.15) is 20.8 Å². The maximum Gasteiger partial charge on any atom is 0.303 e. The molecule has 0 radical (unpaired) electrons. The highest BCUT2D eigenvalue weighted by molar-refractivity contribution is 5.67. The van der Waals surface area contributed by atoms with E-state index in [1.54, 1.807) is 0 Å². The fourth-order valence-electron chi connectivity index (χ4n) is 2.15. The van der Waals surface area contributed by atoms with Crippen molar-refractivity contribution in [3.05, 3.63) is 0 Å². The van der Waals surface area contributed by atoms with E-state index in [-0.39, 0.29) is 6.61 Å². The van der Waals surface area contributed by atoms with Crippen LogP contribution in [0.2, 0.25) is 0 Å². The Morgan fingerprint density at radius 2 is 1.50 bits per heavy atom. The summed E-state index contributed by atoms with van der Waals surface area (Å²) in [7, 11) is 1.30. The van der Waals surface area contributed by atoms with Gasteiger partial charge in [-0.2, -0.15) is 0 Å². The molecule has 9 nitrogen and oxygen atoms in total. The maximum absolute atomic E-state index is 11.3. The minimum Gasteiger partial charge on any atom is -0.463 e. The van der Waals surface area contributed by atoms with Crippen LogP contribution in [0.3, 0.4) is 0 Å². The van der Waals surface area contributed by atoms with Crippen molar-refractivity contribution in [2.75, 3.05) is 13.7 Å². The van der Waals surface area contributed by atoms with Gasteiger partial charge in [0.1, 0.15) is 18.8 Å². The first kappa shape index (κ1) is 18.3. The van der Waals surface area contributed by atoms with Crippen molar-refractivity contribution in [1.82, 2.24) is 0 Å². The molecule has 1 rings (SSSR count). The molecule has 0 aliphatic carbocycles. The van der Waals surface area contributed by atoms with Crippen LogP contribution in [0.25, 0.3) is 0 Å². The second-order valence-electron chi connectivity index (χ2n) is 4.72. The average molecular weight is 320 g/mol. The number of hydrogen-bond acceptors (Lipinski definition) is 9. The van der Waals surface area contributed by atoms with Crippen LogP contribution in [0.5, 0.6) is 0 Å². The SMILES string of the molecule is CO[C@H]1[C@H](OC(C)=O)[C@H](COC(C)=O)OC(O)[C@@H]1OC(C)=O. The van der Waals surface area contributed by atoms with Gasteiger partial charge in [0.25, 0.3) is 0 Å². The third-order valence-electron chi connectivity index (χ3n) is 2.94. The average Bonchev–Trinajstić information content (AvgIpc) is 2.39. The fourth-order valence-corrected chi connectivity index (χ4v) is 2.15. The Kier molecular flexibility index (Phi) is 6.72. The summed E-state index contributed by atoms with van der Waals surface area (Å²) >= 11 is 0. The lowest BCUT2D eigenvalue weighted by atomic mass is 9.98. The molecule has 1 saturated heterocycles. The number of hydrogen-bond donors (Lipinski definition) is 1. The molecule has 1 unspecified atom stereocenters. The number of aliphatic hydroxyl groups excluding tert-OH is 1. The van der Waals surface area contributed by atoms with E-state index in [1.165, 1.54) is 21.0 Å². The van der Waals surface area contributed by atoms with Crippen LogP contribution in [-0.4, -0.2) is 67.4 Å². The molecular formula is C13H20O9. The van der Waals surface area contributed by atoms with E-state index in [4.69, 9.17) is 23.7 Å². The summed E-state index contributed by atoms with van der Waals surface area (Å²) in [5, 5.41) is 9.95. The Hall–Kier alpha value is -1.71. The molecule has 126 valence electrons. The second kappa shape index (κ2) is 8.06. The quantitative estimate of drug-likeness (QED) is 0.510. The second-order valence-corrected chi connectivity index (χ2v) is 4.72. The highest BCUT2D eigenvalue weighted by atomic mass is 16.7. The monoisotopic (exact) mass is 320 g/mol. The molecule has 1 N–H and O–H groups in total. The Bertz CT molecular complexity index is 422. The summed E-state index contributed by atoms with van der Waals surface area (Å²) in [6.07, 6.45) is -5.65. The van der Waals surface area contributed by atoms with Gasteiger partial charge in [0.05, 0.1) is 0 Å². The van der Waals surface area contributed by atoms with Crippen LogP contribution >= 0.6 is 0 Å². The first-order chi connectivity index (χ1) is 10.3. The van der Waals surface area contributed by atoms with Crippen molar-refractivity contribution in [2.24, 2.45) is 0 Å². The largest absolute Gasteiger partial charge is 0.463 e. The summed E-state index contributed by atoms with van der Waals surface area (Å²) in [6.45, 7) is 3.29. The molecule has 0 aromatic heterocycles. The molecule has 1 heterocycles. The molecular weight excluding hydrogens is 300 g/mol. The number of esters is 3. The zero-order chi connectivity index (χ0) is 16.9. The Labute approximate surface area is 127 Å². The molecule has 0 aromatic carbocycles. The summed E-state index contributed by atoms with van der Waals surface area (Å²) in [4.78, 5) is 33.3. The number of rotatable bonds is 5. The molecule has 22 heavy (non-hydrogen) atoms. The third-order valence-corrected chi connectivity index (χ3v) is 2.94. The predicted molar refractivity (Wildman–Crippen MR) is 69.4 cm³/mol. The van der Waals surface area contributed by atoms with Gasteiger partial charge in [-0.3, -0.25) is 14.4 Å². The van der Waals surface area contributed by atoms with E-state index in [9.17, 15) is 19.5 Å². The standard InChI is InChI=1S/C13H20O9/c1-6(14)19-5-9-10(20-7(2)15)11(18-4)12(13(17)22-9)21-8(3)16/h9-13,17H,5H2,1-4H3/t9-,10+,11-,12+,13?/m0/s1. The summed E-state index contributed by atoms with van der Waals surface area (Å²) < 4.78 is 25.3. The molecule has 1 aliphatic heterocycles. The highest BCUT2D eigenvalue weighted by Gasteiger charge is 2.50. The van der Waals surface area contributed by atoms with Gasteiger partial charge in [-0.25, -0.2) is 0 Å². The molecule has 1 aliphatic rings. The first-order valence-corrected chi connectivity index (χ1v) is 6.60. The lowest BCUT2D eigenvalue weighted by Gasteiger charge is -2.42. The number of carbonyl (C=O) groups is 3. The van der Waals surface area contributed by atoms with Crippen molar-refractivity contribution in [1.29, 1.82) is 0 Å². The minimum atomic E-state index is -1.51.